The minimum Gasteiger partial charge on any atom is -0.445 e. The number of allylic oxidation sites excluding steroid dienone is 2. The van der Waals surface area contributed by atoms with Crippen molar-refractivity contribution < 1.29 is 9.53 Å². The molecule has 2 aliphatic rings. The van der Waals surface area contributed by atoms with Crippen LogP contribution >= 0.6 is 0 Å². The Morgan fingerprint density at radius 2 is 1.94 bits per heavy atom. The molecule has 0 unspecified atom stereocenters. The third kappa shape index (κ3) is 3.67. The number of aromatic nitrogens is 1. The Balaban J connectivity index is 1.71. The highest BCUT2D eigenvalue weighted by molar-refractivity contribution is 5.69. The molecule has 2 heterocycles. The second-order valence-corrected chi connectivity index (χ2v) is 7.91. The molecule has 2 atom stereocenters. The molecular formula is C25H20N6O2. The Morgan fingerprint density at radius 1 is 1.18 bits per heavy atom. The minimum atomic E-state index is -1.77. The molecular weight excluding hydrogens is 416 g/mol. The van der Waals surface area contributed by atoms with E-state index in [9.17, 15) is 20.6 Å². The smallest absolute Gasteiger partial charge is 0.410 e. The van der Waals surface area contributed by atoms with E-state index in [1.807, 2.05) is 30.3 Å². The van der Waals surface area contributed by atoms with Crippen molar-refractivity contribution in [1.29, 1.82) is 15.8 Å². The van der Waals surface area contributed by atoms with Crippen LogP contribution in [0.4, 0.5) is 4.79 Å². The number of hydrogen-bond acceptors (Lipinski definition) is 7. The molecule has 4 rings (SSSR count). The molecule has 33 heavy (non-hydrogen) atoms. The fourth-order valence-corrected chi connectivity index (χ4v) is 4.58. The molecule has 1 aromatic heterocycles. The van der Waals surface area contributed by atoms with Crippen molar-refractivity contribution in [3.63, 3.8) is 0 Å². The van der Waals surface area contributed by atoms with Gasteiger partial charge >= 0.3 is 6.09 Å². The van der Waals surface area contributed by atoms with Crippen molar-refractivity contribution in [3.8, 4) is 18.2 Å². The first-order valence-corrected chi connectivity index (χ1v) is 10.3. The molecule has 2 N–H and O–H groups in total. The fraction of sp³-hybridized carbons (Fsp3) is 0.240. The first kappa shape index (κ1) is 21.6. The van der Waals surface area contributed by atoms with Crippen molar-refractivity contribution in [2.45, 2.75) is 12.5 Å². The van der Waals surface area contributed by atoms with Crippen molar-refractivity contribution in [2.75, 3.05) is 13.1 Å². The Hall–Kier alpha value is -4.61. The second kappa shape index (κ2) is 8.86. The minimum absolute atomic E-state index is 0.0635. The maximum atomic E-state index is 12.8. The number of rotatable bonds is 3. The largest absolute Gasteiger partial charge is 0.445 e. The molecule has 0 fully saturated rings. The Labute approximate surface area is 191 Å². The highest BCUT2D eigenvalue weighted by Gasteiger charge is 2.54. The summed E-state index contributed by atoms with van der Waals surface area (Å²) in [7, 11) is 0. The van der Waals surface area contributed by atoms with E-state index in [1.54, 1.807) is 30.6 Å². The summed E-state index contributed by atoms with van der Waals surface area (Å²) in [5, 5.41) is 30.0. The average molecular weight is 436 g/mol. The standard InChI is InChI=1S/C25H20N6O2/c26-11-20-19-8-10-31(24(32)33-14-17-5-2-1-3-6-17)13-21(19)22(18-7-4-9-30-12-18)25(15-27,16-28)23(20)29/h1-9,12,21-22H,10,13-14,29H2/t21-,22+/m1/s1. The van der Waals surface area contributed by atoms with Gasteiger partial charge in [-0.05, 0) is 22.8 Å². The van der Waals surface area contributed by atoms with E-state index in [1.165, 1.54) is 4.90 Å². The predicted octanol–water partition coefficient (Wildman–Crippen LogP) is 3.14. The molecule has 0 bridgehead atoms. The van der Waals surface area contributed by atoms with E-state index in [0.29, 0.717) is 11.1 Å². The number of ether oxygens (including phenoxy) is 1. The summed E-state index contributed by atoms with van der Waals surface area (Å²) < 4.78 is 5.48. The van der Waals surface area contributed by atoms with Crippen LogP contribution in [0.3, 0.4) is 0 Å². The van der Waals surface area contributed by atoms with E-state index >= 15 is 0 Å². The molecule has 0 radical (unpaired) electrons. The Morgan fingerprint density at radius 3 is 2.58 bits per heavy atom. The summed E-state index contributed by atoms with van der Waals surface area (Å²) in [5.74, 6) is -1.22. The third-order valence-electron chi connectivity index (χ3n) is 6.17. The molecule has 8 nitrogen and oxygen atoms in total. The molecule has 0 saturated carbocycles. The van der Waals surface area contributed by atoms with Crippen molar-refractivity contribution in [2.24, 2.45) is 17.1 Å². The molecule has 1 aromatic carbocycles. The zero-order valence-corrected chi connectivity index (χ0v) is 17.7. The van der Waals surface area contributed by atoms with E-state index < -0.39 is 23.3 Å². The fourth-order valence-electron chi connectivity index (χ4n) is 4.58. The summed E-state index contributed by atoms with van der Waals surface area (Å²) in [6, 6.07) is 19.0. The van der Waals surface area contributed by atoms with Crippen LogP contribution in [0, 0.1) is 45.3 Å². The summed E-state index contributed by atoms with van der Waals surface area (Å²) in [5.41, 5.74) is 6.70. The van der Waals surface area contributed by atoms with Gasteiger partial charge in [-0.1, -0.05) is 42.5 Å². The number of fused-ring (bicyclic) bond motifs is 1. The van der Waals surface area contributed by atoms with Gasteiger partial charge in [-0.3, -0.25) is 4.98 Å². The van der Waals surface area contributed by atoms with Crippen LogP contribution < -0.4 is 5.73 Å². The number of nitriles is 3. The lowest BCUT2D eigenvalue weighted by molar-refractivity contribution is 0.0898. The van der Waals surface area contributed by atoms with Crippen LogP contribution in [-0.4, -0.2) is 29.1 Å². The van der Waals surface area contributed by atoms with E-state index in [0.717, 1.165) is 5.56 Å². The molecule has 2 aromatic rings. The second-order valence-electron chi connectivity index (χ2n) is 7.91. The Kier molecular flexibility index (Phi) is 5.81. The van der Waals surface area contributed by atoms with Crippen LogP contribution in [0.2, 0.25) is 0 Å². The molecule has 1 aliphatic heterocycles. The molecule has 1 aliphatic carbocycles. The first-order chi connectivity index (χ1) is 16.1. The van der Waals surface area contributed by atoms with E-state index in [2.05, 4.69) is 23.2 Å². The molecule has 0 saturated heterocycles. The highest BCUT2D eigenvalue weighted by atomic mass is 16.6. The number of hydrogen-bond donors (Lipinski definition) is 1. The van der Waals surface area contributed by atoms with Gasteiger partial charge in [-0.2, -0.15) is 15.8 Å². The van der Waals surface area contributed by atoms with Gasteiger partial charge in [0.25, 0.3) is 0 Å². The van der Waals surface area contributed by atoms with Gasteiger partial charge in [0.15, 0.2) is 5.41 Å². The van der Waals surface area contributed by atoms with Gasteiger partial charge in [0.05, 0.1) is 23.4 Å². The number of pyridine rings is 1. The predicted molar refractivity (Wildman–Crippen MR) is 117 cm³/mol. The molecule has 162 valence electrons. The van der Waals surface area contributed by atoms with Gasteiger partial charge in [-0.15, -0.1) is 0 Å². The van der Waals surface area contributed by atoms with E-state index in [-0.39, 0.29) is 31.0 Å². The van der Waals surface area contributed by atoms with Crippen LogP contribution in [0.15, 0.2) is 77.8 Å². The maximum absolute atomic E-state index is 12.8. The van der Waals surface area contributed by atoms with Gasteiger partial charge < -0.3 is 15.4 Å². The monoisotopic (exact) mass is 436 g/mol. The van der Waals surface area contributed by atoms with Gasteiger partial charge in [0.2, 0.25) is 0 Å². The average Bonchev–Trinajstić information content (AvgIpc) is 2.87. The van der Waals surface area contributed by atoms with Crippen molar-refractivity contribution in [3.05, 3.63) is 88.9 Å². The third-order valence-corrected chi connectivity index (χ3v) is 6.17. The highest BCUT2D eigenvalue weighted by Crippen LogP contribution is 2.53. The van der Waals surface area contributed by atoms with Crippen LogP contribution in [-0.2, 0) is 11.3 Å². The maximum Gasteiger partial charge on any atom is 0.410 e. The van der Waals surface area contributed by atoms with Crippen LogP contribution in [0.5, 0.6) is 0 Å². The normalized spacial score (nSPS) is 21.0. The lowest BCUT2D eigenvalue weighted by Gasteiger charge is -2.45. The number of nitrogens with zero attached hydrogens (tertiary/aromatic N) is 5. The first-order valence-electron chi connectivity index (χ1n) is 10.3. The SMILES string of the molecule is N#CC1=C(N)C(C#N)(C#N)[C@@H](c2cccnc2)[C@@H]2CN(C(=O)OCc3ccccc3)CC=C12. The molecule has 0 spiro atoms. The summed E-state index contributed by atoms with van der Waals surface area (Å²) in [6.45, 7) is 0.520. The molecule has 1 amide bonds. The van der Waals surface area contributed by atoms with Gasteiger partial charge in [0, 0.05) is 37.3 Å². The number of carbonyl (C=O) groups is 1. The number of benzene rings is 1. The summed E-state index contributed by atoms with van der Waals surface area (Å²) in [6.07, 6.45) is 4.42. The zero-order chi connectivity index (χ0) is 23.4. The van der Waals surface area contributed by atoms with Gasteiger partial charge in [0.1, 0.15) is 12.7 Å². The lowest BCUT2D eigenvalue weighted by atomic mass is 9.58. The topological polar surface area (TPSA) is 140 Å². The van der Waals surface area contributed by atoms with Crippen LogP contribution in [0.25, 0.3) is 0 Å². The quantitative estimate of drug-likeness (QED) is 0.779. The lowest BCUT2D eigenvalue weighted by Crippen LogP contribution is -2.49. The van der Waals surface area contributed by atoms with Crippen molar-refractivity contribution >= 4 is 6.09 Å². The molecule has 8 heteroatoms. The van der Waals surface area contributed by atoms with Crippen LogP contribution in [0.1, 0.15) is 17.0 Å². The van der Waals surface area contributed by atoms with Gasteiger partial charge in [-0.25, -0.2) is 4.79 Å². The van der Waals surface area contributed by atoms with E-state index in [4.69, 9.17) is 10.5 Å². The summed E-state index contributed by atoms with van der Waals surface area (Å²) in [4.78, 5) is 18.5. The summed E-state index contributed by atoms with van der Waals surface area (Å²) >= 11 is 0. The number of carbonyl (C=O) groups excluding carboxylic acids is 1. The number of amides is 1. The number of nitrogens with two attached hydrogens (primary N) is 1. The van der Waals surface area contributed by atoms with Crippen molar-refractivity contribution in [1.82, 2.24) is 9.88 Å². The zero-order valence-electron chi connectivity index (χ0n) is 17.7. The Bertz CT molecular complexity index is 1230.